The number of hydrogen-bond acceptors (Lipinski definition) is 2. The third kappa shape index (κ3) is 3.57. The molecule has 0 aromatic heterocycles. The topological polar surface area (TPSA) is 35.2 Å². The van der Waals surface area contributed by atoms with E-state index in [4.69, 9.17) is 22.1 Å². The summed E-state index contributed by atoms with van der Waals surface area (Å²) in [4.78, 5) is 0. The fourth-order valence-electron chi connectivity index (χ4n) is 2.03. The summed E-state index contributed by atoms with van der Waals surface area (Å²) in [7, 11) is 0. The van der Waals surface area contributed by atoms with E-state index in [0.717, 1.165) is 5.56 Å². The third-order valence-corrected chi connectivity index (χ3v) is 3.41. The van der Waals surface area contributed by atoms with Crippen LogP contribution in [-0.4, -0.2) is 6.04 Å². The highest BCUT2D eigenvalue weighted by Gasteiger charge is 2.20. The minimum absolute atomic E-state index is 0.157. The molecule has 4 heteroatoms. The van der Waals surface area contributed by atoms with Crippen LogP contribution in [-0.2, 0) is 11.3 Å². The van der Waals surface area contributed by atoms with Gasteiger partial charge in [-0.15, -0.1) is 0 Å². The van der Waals surface area contributed by atoms with Crippen LogP contribution in [0.5, 0.6) is 0 Å². The van der Waals surface area contributed by atoms with E-state index in [1.165, 1.54) is 6.07 Å². The molecule has 20 heavy (non-hydrogen) atoms. The van der Waals surface area contributed by atoms with Gasteiger partial charge in [-0.1, -0.05) is 48.0 Å². The molecule has 0 saturated heterocycles. The molecule has 0 heterocycles. The van der Waals surface area contributed by atoms with Crippen molar-refractivity contribution >= 4 is 11.6 Å². The lowest BCUT2D eigenvalue weighted by Gasteiger charge is -2.23. The molecule has 0 aliphatic heterocycles. The largest absolute Gasteiger partial charge is 0.367 e. The average molecular weight is 294 g/mol. The first-order chi connectivity index (χ1) is 9.59. The van der Waals surface area contributed by atoms with Crippen molar-refractivity contribution < 1.29 is 9.13 Å². The van der Waals surface area contributed by atoms with Crippen LogP contribution >= 0.6 is 11.6 Å². The molecule has 0 bridgehead atoms. The van der Waals surface area contributed by atoms with Gasteiger partial charge in [0.1, 0.15) is 5.82 Å². The molecule has 0 aliphatic rings. The van der Waals surface area contributed by atoms with Gasteiger partial charge in [0.2, 0.25) is 0 Å². The number of rotatable bonds is 5. The minimum Gasteiger partial charge on any atom is -0.367 e. The molecule has 2 atom stereocenters. The van der Waals surface area contributed by atoms with Crippen molar-refractivity contribution in [3.63, 3.8) is 0 Å². The fourth-order valence-corrected chi connectivity index (χ4v) is 2.27. The molecule has 0 saturated carbocycles. The Bertz CT molecular complexity index is 574. The van der Waals surface area contributed by atoms with E-state index in [1.807, 2.05) is 25.1 Å². The Morgan fingerprint density at radius 1 is 1.15 bits per heavy atom. The van der Waals surface area contributed by atoms with Gasteiger partial charge in [-0.3, -0.25) is 0 Å². The summed E-state index contributed by atoms with van der Waals surface area (Å²) in [6.07, 6.45) is -0.372. The molecule has 2 rings (SSSR count). The van der Waals surface area contributed by atoms with Crippen LogP contribution in [0.15, 0.2) is 48.5 Å². The van der Waals surface area contributed by atoms with Gasteiger partial charge in [0.05, 0.1) is 12.7 Å². The summed E-state index contributed by atoms with van der Waals surface area (Å²) < 4.78 is 19.4. The SMILES string of the molecule is CC(N)C(OCc1ccccc1F)c1ccccc1Cl. The second-order valence-electron chi connectivity index (χ2n) is 4.70. The van der Waals surface area contributed by atoms with Crippen LogP contribution in [0.4, 0.5) is 4.39 Å². The zero-order valence-electron chi connectivity index (χ0n) is 11.2. The number of halogens is 2. The van der Waals surface area contributed by atoms with Crippen LogP contribution in [0, 0.1) is 5.82 Å². The highest BCUT2D eigenvalue weighted by Crippen LogP contribution is 2.28. The second-order valence-corrected chi connectivity index (χ2v) is 5.11. The van der Waals surface area contributed by atoms with Crippen molar-refractivity contribution in [2.75, 3.05) is 0 Å². The van der Waals surface area contributed by atoms with E-state index in [2.05, 4.69) is 0 Å². The van der Waals surface area contributed by atoms with Crippen LogP contribution < -0.4 is 5.73 Å². The van der Waals surface area contributed by atoms with Crippen molar-refractivity contribution in [1.82, 2.24) is 0 Å². The Morgan fingerprint density at radius 3 is 2.45 bits per heavy atom. The Hall–Kier alpha value is -1.42. The first kappa shape index (κ1) is 15.0. The van der Waals surface area contributed by atoms with Gasteiger partial charge >= 0.3 is 0 Å². The summed E-state index contributed by atoms with van der Waals surface area (Å²) in [5, 5.41) is 0.600. The van der Waals surface area contributed by atoms with Gasteiger partial charge in [-0.05, 0) is 19.1 Å². The first-order valence-corrected chi connectivity index (χ1v) is 6.82. The van der Waals surface area contributed by atoms with Gasteiger partial charge < -0.3 is 10.5 Å². The lowest BCUT2D eigenvalue weighted by molar-refractivity contribution is 0.0245. The fraction of sp³-hybridized carbons (Fsp3) is 0.250. The summed E-state index contributed by atoms with van der Waals surface area (Å²) in [5.74, 6) is -0.282. The van der Waals surface area contributed by atoms with Crippen LogP contribution in [0.3, 0.4) is 0 Å². The molecular weight excluding hydrogens is 277 g/mol. The van der Waals surface area contributed by atoms with E-state index >= 15 is 0 Å². The van der Waals surface area contributed by atoms with Crippen LogP contribution in [0.25, 0.3) is 0 Å². The van der Waals surface area contributed by atoms with E-state index in [9.17, 15) is 4.39 Å². The predicted octanol–water partition coefficient (Wildman–Crippen LogP) is 4.08. The molecule has 2 N–H and O–H groups in total. The highest BCUT2D eigenvalue weighted by molar-refractivity contribution is 6.31. The van der Waals surface area contributed by atoms with Crippen molar-refractivity contribution in [2.24, 2.45) is 5.73 Å². The second kappa shape index (κ2) is 6.84. The molecule has 0 aliphatic carbocycles. The maximum absolute atomic E-state index is 13.6. The van der Waals surface area contributed by atoms with Gasteiger partial charge in [0.25, 0.3) is 0 Å². The number of benzene rings is 2. The number of hydrogen-bond donors (Lipinski definition) is 1. The molecule has 2 unspecified atom stereocenters. The van der Waals surface area contributed by atoms with Crippen molar-refractivity contribution in [3.8, 4) is 0 Å². The number of ether oxygens (including phenoxy) is 1. The maximum atomic E-state index is 13.6. The summed E-state index contributed by atoms with van der Waals surface area (Å²) in [5.41, 5.74) is 7.29. The third-order valence-electron chi connectivity index (χ3n) is 3.07. The van der Waals surface area contributed by atoms with Crippen molar-refractivity contribution in [3.05, 3.63) is 70.5 Å². The minimum atomic E-state index is -0.372. The standard InChI is InChI=1S/C16H17ClFNO/c1-11(19)16(13-7-3-4-8-14(13)17)20-10-12-6-2-5-9-15(12)18/h2-9,11,16H,10,19H2,1H3. The van der Waals surface area contributed by atoms with Gasteiger partial charge in [-0.2, -0.15) is 0 Å². The molecule has 0 fully saturated rings. The summed E-state index contributed by atoms with van der Waals surface area (Å²) >= 11 is 6.17. The Labute approximate surface area is 123 Å². The molecule has 0 amide bonds. The summed E-state index contributed by atoms with van der Waals surface area (Å²) in [6.45, 7) is 2.00. The van der Waals surface area contributed by atoms with Gasteiger partial charge in [-0.25, -0.2) is 4.39 Å². The van der Waals surface area contributed by atoms with Gasteiger partial charge in [0.15, 0.2) is 0 Å². The Balaban J connectivity index is 2.15. The molecule has 2 aromatic rings. The van der Waals surface area contributed by atoms with E-state index < -0.39 is 0 Å². The molecule has 2 nitrogen and oxygen atoms in total. The lowest BCUT2D eigenvalue weighted by atomic mass is 10.0. The number of nitrogens with two attached hydrogens (primary N) is 1. The summed E-state index contributed by atoms with van der Waals surface area (Å²) in [6, 6.07) is 13.7. The quantitative estimate of drug-likeness (QED) is 0.901. The predicted molar refractivity (Wildman–Crippen MR) is 79.0 cm³/mol. The smallest absolute Gasteiger partial charge is 0.128 e. The zero-order chi connectivity index (χ0) is 14.5. The molecular formula is C16H17ClFNO. The van der Waals surface area contributed by atoms with Crippen LogP contribution in [0.2, 0.25) is 5.02 Å². The van der Waals surface area contributed by atoms with Crippen LogP contribution in [0.1, 0.15) is 24.2 Å². The normalized spacial score (nSPS) is 14.0. The van der Waals surface area contributed by atoms with E-state index in [1.54, 1.807) is 24.3 Å². The van der Waals surface area contributed by atoms with Gasteiger partial charge in [0, 0.05) is 22.2 Å². The molecule has 2 aromatic carbocycles. The molecule has 0 radical (unpaired) electrons. The average Bonchev–Trinajstić information content (AvgIpc) is 2.42. The zero-order valence-corrected chi connectivity index (χ0v) is 12.0. The van der Waals surface area contributed by atoms with E-state index in [0.29, 0.717) is 10.6 Å². The van der Waals surface area contributed by atoms with E-state index in [-0.39, 0.29) is 24.6 Å². The van der Waals surface area contributed by atoms with Crippen molar-refractivity contribution in [1.29, 1.82) is 0 Å². The molecule has 106 valence electrons. The molecule has 0 spiro atoms. The Kier molecular flexibility index (Phi) is 5.12. The maximum Gasteiger partial charge on any atom is 0.128 e. The highest BCUT2D eigenvalue weighted by atomic mass is 35.5. The lowest BCUT2D eigenvalue weighted by Crippen LogP contribution is -2.27. The first-order valence-electron chi connectivity index (χ1n) is 6.44. The van der Waals surface area contributed by atoms with Crippen molar-refractivity contribution in [2.45, 2.75) is 25.7 Å². The monoisotopic (exact) mass is 293 g/mol. The Morgan fingerprint density at radius 2 is 1.80 bits per heavy atom.